The van der Waals surface area contributed by atoms with Gasteiger partial charge in [-0.15, -0.1) is 0 Å². The van der Waals surface area contributed by atoms with Crippen LogP contribution in [0.1, 0.15) is 43.0 Å². The van der Waals surface area contributed by atoms with Crippen LogP contribution in [0.2, 0.25) is 5.02 Å². The van der Waals surface area contributed by atoms with Crippen LogP contribution in [-0.2, 0) is 0 Å². The van der Waals surface area contributed by atoms with Crippen molar-refractivity contribution in [2.24, 2.45) is 5.92 Å². The normalized spacial score (nSPS) is 16.5. The number of halogens is 1. The molecule has 0 heterocycles. The highest BCUT2D eigenvalue weighted by Crippen LogP contribution is 2.28. The van der Waals surface area contributed by atoms with E-state index in [4.69, 9.17) is 16.7 Å². The average molecular weight is 311 g/mol. The van der Waals surface area contributed by atoms with Crippen LogP contribution in [0.15, 0.2) is 18.2 Å². The molecule has 1 saturated carbocycles. The minimum Gasteiger partial charge on any atom is -0.478 e. The van der Waals surface area contributed by atoms with Crippen molar-refractivity contribution in [3.8, 4) is 0 Å². The quantitative estimate of drug-likeness (QED) is 0.792. The molecular formula is C15H19ClN2O3. The number of hydrogen-bond acceptors (Lipinski definition) is 2. The maximum absolute atomic E-state index is 12.0. The minimum atomic E-state index is -1.05. The van der Waals surface area contributed by atoms with Crippen molar-refractivity contribution in [2.75, 3.05) is 5.32 Å². The van der Waals surface area contributed by atoms with E-state index < -0.39 is 5.97 Å². The zero-order valence-corrected chi connectivity index (χ0v) is 12.6. The third-order valence-electron chi connectivity index (χ3n) is 3.93. The highest BCUT2D eigenvalue weighted by Gasteiger charge is 2.22. The second kappa shape index (κ2) is 6.80. The fourth-order valence-corrected chi connectivity index (χ4v) is 2.92. The number of carboxylic acids is 1. The fraction of sp³-hybridized carbons (Fsp3) is 0.467. The number of benzene rings is 1. The number of amides is 2. The van der Waals surface area contributed by atoms with Gasteiger partial charge in [0.2, 0.25) is 0 Å². The predicted molar refractivity (Wildman–Crippen MR) is 82.0 cm³/mol. The Morgan fingerprint density at radius 1 is 1.33 bits per heavy atom. The topological polar surface area (TPSA) is 78.4 Å². The molecule has 1 aromatic carbocycles. The fourth-order valence-electron chi connectivity index (χ4n) is 2.69. The first-order valence-corrected chi connectivity index (χ1v) is 7.45. The molecule has 0 spiro atoms. The number of nitrogens with one attached hydrogen (secondary N) is 2. The van der Waals surface area contributed by atoms with Crippen LogP contribution in [0.3, 0.4) is 0 Å². The summed E-state index contributed by atoms with van der Waals surface area (Å²) < 4.78 is 0. The van der Waals surface area contributed by atoms with Crippen molar-refractivity contribution >= 4 is 29.3 Å². The molecule has 1 aliphatic carbocycles. The molecule has 5 nitrogen and oxygen atoms in total. The molecule has 3 N–H and O–H groups in total. The van der Waals surface area contributed by atoms with Crippen LogP contribution in [0.4, 0.5) is 10.5 Å². The first-order chi connectivity index (χ1) is 9.97. The molecular weight excluding hydrogens is 292 g/mol. The summed E-state index contributed by atoms with van der Waals surface area (Å²) in [7, 11) is 0. The Morgan fingerprint density at radius 2 is 2.00 bits per heavy atom. The van der Waals surface area contributed by atoms with E-state index in [1.54, 1.807) is 0 Å². The van der Waals surface area contributed by atoms with Crippen LogP contribution in [-0.4, -0.2) is 23.1 Å². The van der Waals surface area contributed by atoms with E-state index in [0.717, 1.165) is 12.8 Å². The number of carbonyl (C=O) groups excluding carboxylic acids is 1. The second-order valence-corrected chi connectivity index (χ2v) is 5.84. The van der Waals surface area contributed by atoms with Gasteiger partial charge in [0, 0.05) is 6.04 Å². The molecule has 0 aromatic heterocycles. The van der Waals surface area contributed by atoms with Gasteiger partial charge in [-0.1, -0.05) is 24.4 Å². The zero-order chi connectivity index (χ0) is 15.4. The molecule has 0 aliphatic heterocycles. The van der Waals surface area contributed by atoms with Crippen molar-refractivity contribution in [2.45, 2.75) is 38.6 Å². The molecule has 1 unspecified atom stereocenters. The van der Waals surface area contributed by atoms with E-state index >= 15 is 0 Å². The molecule has 2 amide bonds. The highest BCUT2D eigenvalue weighted by molar-refractivity contribution is 6.34. The Bertz CT molecular complexity index is 542. The van der Waals surface area contributed by atoms with E-state index in [1.807, 2.05) is 6.92 Å². The van der Waals surface area contributed by atoms with Gasteiger partial charge in [-0.25, -0.2) is 9.59 Å². The maximum Gasteiger partial charge on any atom is 0.335 e. The van der Waals surface area contributed by atoms with E-state index in [2.05, 4.69) is 10.6 Å². The summed E-state index contributed by atoms with van der Waals surface area (Å²) in [6, 6.07) is 4.01. The SMILES string of the molecule is CC(NC(=O)Nc1ccc(C(=O)O)cc1Cl)C1CCCC1. The molecule has 6 heteroatoms. The summed E-state index contributed by atoms with van der Waals surface area (Å²) in [5, 5.41) is 14.6. The van der Waals surface area contributed by atoms with Gasteiger partial charge < -0.3 is 15.7 Å². The van der Waals surface area contributed by atoms with Gasteiger partial charge in [0.25, 0.3) is 0 Å². The molecule has 2 rings (SSSR count). The van der Waals surface area contributed by atoms with Gasteiger partial charge in [-0.05, 0) is 43.9 Å². The van der Waals surface area contributed by atoms with Crippen molar-refractivity contribution in [1.82, 2.24) is 5.32 Å². The van der Waals surface area contributed by atoms with Gasteiger partial charge in [-0.3, -0.25) is 0 Å². The number of aromatic carboxylic acids is 1. The standard InChI is InChI=1S/C15H19ClN2O3/c1-9(10-4-2-3-5-10)17-15(21)18-13-7-6-11(14(19)20)8-12(13)16/h6-10H,2-5H2,1H3,(H,19,20)(H2,17,18,21). The Hall–Kier alpha value is -1.75. The number of carboxylic acid groups (broad SMARTS) is 1. The Morgan fingerprint density at radius 3 is 2.57 bits per heavy atom. The van der Waals surface area contributed by atoms with Crippen LogP contribution in [0, 0.1) is 5.92 Å². The van der Waals surface area contributed by atoms with Gasteiger partial charge in [0.15, 0.2) is 0 Å². The molecule has 1 fully saturated rings. The second-order valence-electron chi connectivity index (χ2n) is 5.43. The Kier molecular flexibility index (Phi) is 5.07. The summed E-state index contributed by atoms with van der Waals surface area (Å²) in [5.74, 6) is -0.525. The van der Waals surface area contributed by atoms with E-state index in [0.29, 0.717) is 11.6 Å². The van der Waals surface area contributed by atoms with Gasteiger partial charge >= 0.3 is 12.0 Å². The third-order valence-corrected chi connectivity index (χ3v) is 4.24. The number of anilines is 1. The minimum absolute atomic E-state index is 0.0882. The first kappa shape index (κ1) is 15.6. The lowest BCUT2D eigenvalue weighted by Gasteiger charge is -2.20. The van der Waals surface area contributed by atoms with Crippen molar-refractivity contribution in [3.05, 3.63) is 28.8 Å². The van der Waals surface area contributed by atoms with E-state index in [9.17, 15) is 9.59 Å². The number of rotatable bonds is 4. The lowest BCUT2D eigenvalue weighted by Crippen LogP contribution is -2.39. The monoisotopic (exact) mass is 310 g/mol. The first-order valence-electron chi connectivity index (χ1n) is 7.07. The summed E-state index contributed by atoms with van der Waals surface area (Å²) in [6.45, 7) is 2.00. The molecule has 1 aromatic rings. The van der Waals surface area contributed by atoms with Gasteiger partial charge in [0.05, 0.1) is 16.3 Å². The van der Waals surface area contributed by atoms with Gasteiger partial charge in [-0.2, -0.15) is 0 Å². The molecule has 1 aliphatic rings. The molecule has 0 bridgehead atoms. The van der Waals surface area contributed by atoms with Crippen molar-refractivity contribution < 1.29 is 14.7 Å². The van der Waals surface area contributed by atoms with Crippen LogP contribution < -0.4 is 10.6 Å². The largest absolute Gasteiger partial charge is 0.478 e. The van der Waals surface area contributed by atoms with Crippen LogP contribution >= 0.6 is 11.6 Å². The average Bonchev–Trinajstić information content (AvgIpc) is 2.94. The maximum atomic E-state index is 12.0. The zero-order valence-electron chi connectivity index (χ0n) is 11.9. The Labute approximate surface area is 128 Å². The molecule has 1 atom stereocenters. The van der Waals surface area contributed by atoms with Crippen molar-refractivity contribution in [1.29, 1.82) is 0 Å². The molecule has 21 heavy (non-hydrogen) atoms. The highest BCUT2D eigenvalue weighted by atomic mass is 35.5. The summed E-state index contributed by atoms with van der Waals surface area (Å²) in [6.07, 6.45) is 4.74. The number of carbonyl (C=O) groups is 2. The van der Waals surface area contributed by atoms with Crippen LogP contribution in [0.5, 0.6) is 0 Å². The Balaban J connectivity index is 1.94. The lowest BCUT2D eigenvalue weighted by atomic mass is 10.0. The van der Waals surface area contributed by atoms with Crippen LogP contribution in [0.25, 0.3) is 0 Å². The molecule has 114 valence electrons. The lowest BCUT2D eigenvalue weighted by molar-refractivity contribution is 0.0697. The van der Waals surface area contributed by atoms with E-state index in [-0.39, 0.29) is 22.7 Å². The summed E-state index contributed by atoms with van der Waals surface area (Å²) in [4.78, 5) is 22.8. The molecule has 0 radical (unpaired) electrons. The summed E-state index contributed by atoms with van der Waals surface area (Å²) in [5.41, 5.74) is 0.489. The summed E-state index contributed by atoms with van der Waals surface area (Å²) >= 11 is 5.98. The predicted octanol–water partition coefficient (Wildman–Crippen LogP) is 3.74. The van der Waals surface area contributed by atoms with Gasteiger partial charge in [0.1, 0.15) is 0 Å². The van der Waals surface area contributed by atoms with E-state index in [1.165, 1.54) is 31.0 Å². The number of hydrogen-bond donors (Lipinski definition) is 3. The number of urea groups is 1. The molecule has 0 saturated heterocycles. The van der Waals surface area contributed by atoms with Crippen molar-refractivity contribution in [3.63, 3.8) is 0 Å². The third kappa shape index (κ3) is 4.11. The smallest absolute Gasteiger partial charge is 0.335 e.